The summed E-state index contributed by atoms with van der Waals surface area (Å²) < 4.78 is 0. The Labute approximate surface area is 168 Å². The minimum Gasteiger partial charge on any atom is -0.334 e. The molecule has 1 aromatic carbocycles. The number of nitrogens with zero attached hydrogens (tertiary/aromatic N) is 2. The molecule has 1 aromatic heterocycles. The van der Waals surface area contributed by atoms with Gasteiger partial charge in [-0.05, 0) is 88.8 Å². The average Bonchev–Trinajstić information content (AvgIpc) is 2.90. The van der Waals surface area contributed by atoms with Crippen LogP contribution in [-0.2, 0) is 12.8 Å². The fourth-order valence-electron chi connectivity index (χ4n) is 4.28. The zero-order valence-electron chi connectivity index (χ0n) is 17.7. The molecule has 0 aliphatic heterocycles. The van der Waals surface area contributed by atoms with Crippen molar-refractivity contribution >= 4 is 11.7 Å². The van der Waals surface area contributed by atoms with Crippen molar-refractivity contribution in [1.82, 2.24) is 9.88 Å². The highest BCUT2D eigenvalue weighted by Crippen LogP contribution is 2.32. The monoisotopic (exact) mass is 378 g/mol. The molecule has 28 heavy (non-hydrogen) atoms. The van der Waals surface area contributed by atoms with Crippen LogP contribution in [-0.4, -0.2) is 33.7 Å². The van der Waals surface area contributed by atoms with Crippen molar-refractivity contribution in [2.24, 2.45) is 5.92 Å². The van der Waals surface area contributed by atoms with E-state index in [2.05, 4.69) is 18.0 Å². The van der Waals surface area contributed by atoms with Crippen LogP contribution in [0.3, 0.4) is 0 Å². The van der Waals surface area contributed by atoms with Crippen molar-refractivity contribution in [3.63, 3.8) is 0 Å². The lowest BCUT2D eigenvalue weighted by molar-refractivity contribution is 0.0641. The van der Waals surface area contributed by atoms with Crippen molar-refractivity contribution in [3.8, 4) is 0 Å². The van der Waals surface area contributed by atoms with Crippen LogP contribution < -0.4 is 0 Å². The number of pyridine rings is 1. The number of aromatic nitrogens is 1. The molecule has 0 bridgehead atoms. The van der Waals surface area contributed by atoms with Crippen LogP contribution in [0.25, 0.3) is 0 Å². The molecule has 1 aliphatic carbocycles. The topological polar surface area (TPSA) is 50.3 Å². The molecule has 0 spiro atoms. The lowest BCUT2D eigenvalue weighted by atomic mass is 9.93. The third-order valence-electron chi connectivity index (χ3n) is 5.78. The molecule has 0 radical (unpaired) electrons. The van der Waals surface area contributed by atoms with Crippen LogP contribution >= 0.6 is 0 Å². The van der Waals surface area contributed by atoms with E-state index in [1.807, 2.05) is 51.7 Å². The number of ketones is 1. The fraction of sp³-hybridized carbons (Fsp3) is 0.458. The van der Waals surface area contributed by atoms with Gasteiger partial charge >= 0.3 is 0 Å². The predicted octanol–water partition coefficient (Wildman–Crippen LogP) is 4.56. The highest BCUT2D eigenvalue weighted by Gasteiger charge is 2.32. The largest absolute Gasteiger partial charge is 0.334 e. The van der Waals surface area contributed by atoms with Crippen molar-refractivity contribution in [3.05, 3.63) is 64.0 Å². The number of benzene rings is 1. The smallest absolute Gasteiger partial charge is 0.256 e. The minimum absolute atomic E-state index is 0.0113. The molecule has 0 fully saturated rings. The van der Waals surface area contributed by atoms with Gasteiger partial charge in [0.2, 0.25) is 0 Å². The molecule has 2 aromatic rings. The normalized spacial score (nSPS) is 16.0. The summed E-state index contributed by atoms with van der Waals surface area (Å²) in [5.74, 6) is 0.0670. The molecule has 1 aliphatic rings. The van der Waals surface area contributed by atoms with E-state index in [1.54, 1.807) is 12.4 Å². The molecular formula is C24H30N2O2. The van der Waals surface area contributed by atoms with Crippen molar-refractivity contribution in [2.75, 3.05) is 0 Å². The zero-order valence-corrected chi connectivity index (χ0v) is 17.7. The molecule has 1 unspecified atom stereocenters. The summed E-state index contributed by atoms with van der Waals surface area (Å²) >= 11 is 0. The van der Waals surface area contributed by atoms with E-state index in [0.29, 0.717) is 12.0 Å². The lowest BCUT2D eigenvalue weighted by Crippen LogP contribution is -2.42. The molecule has 4 heteroatoms. The van der Waals surface area contributed by atoms with E-state index in [4.69, 9.17) is 0 Å². The molecular weight excluding hydrogens is 348 g/mol. The van der Waals surface area contributed by atoms with Gasteiger partial charge in [0, 0.05) is 36.0 Å². The number of Topliss-reactive ketones (excluding diaryl/α,β-unsaturated/α-hetero) is 1. The summed E-state index contributed by atoms with van der Waals surface area (Å²) in [6.45, 7) is 12.2. The molecule has 1 heterocycles. The maximum Gasteiger partial charge on any atom is 0.256 e. The van der Waals surface area contributed by atoms with Gasteiger partial charge in [-0.25, -0.2) is 0 Å². The van der Waals surface area contributed by atoms with Crippen LogP contribution in [0.1, 0.15) is 70.7 Å². The second-order valence-corrected chi connectivity index (χ2v) is 8.50. The first-order chi connectivity index (χ1) is 13.2. The number of hydrogen-bond acceptors (Lipinski definition) is 3. The Morgan fingerprint density at radius 1 is 1.14 bits per heavy atom. The molecule has 1 amide bonds. The Balaban J connectivity index is 1.89. The van der Waals surface area contributed by atoms with Crippen LogP contribution in [0.5, 0.6) is 0 Å². The Kier molecular flexibility index (Phi) is 5.69. The fourth-order valence-corrected chi connectivity index (χ4v) is 4.28. The Morgan fingerprint density at radius 2 is 1.79 bits per heavy atom. The van der Waals surface area contributed by atoms with Gasteiger partial charge in [-0.15, -0.1) is 0 Å². The number of carbonyl (C=O) groups is 2. The summed E-state index contributed by atoms with van der Waals surface area (Å²) in [7, 11) is 0. The number of aryl methyl sites for hydroxylation is 2. The van der Waals surface area contributed by atoms with Crippen LogP contribution in [0, 0.1) is 19.8 Å². The Bertz CT molecular complexity index is 907. The number of amides is 1. The lowest BCUT2D eigenvalue weighted by Gasteiger charge is -2.31. The van der Waals surface area contributed by atoms with Crippen molar-refractivity contribution < 1.29 is 9.59 Å². The van der Waals surface area contributed by atoms with E-state index in [1.165, 1.54) is 5.56 Å². The Hall–Kier alpha value is -2.49. The maximum atomic E-state index is 13.2. The van der Waals surface area contributed by atoms with Gasteiger partial charge < -0.3 is 4.90 Å². The SMILES string of the molecule is Cc1cc2c(cc1C)C(=O)C(Cc1ccncc1C(=O)N(C(C)C)C(C)C)C2. The standard InChI is InChI=1S/C24H30N2O2/c1-14(2)26(15(3)4)24(28)22-13-25-8-7-18(22)11-20-12-19-9-16(5)17(6)10-21(19)23(20)27/h7-10,13-15,20H,11-12H2,1-6H3. The summed E-state index contributed by atoms with van der Waals surface area (Å²) in [6.07, 6.45) is 4.67. The first-order valence-electron chi connectivity index (χ1n) is 10.1. The third kappa shape index (κ3) is 3.73. The molecule has 1 atom stereocenters. The van der Waals surface area contributed by atoms with Crippen molar-refractivity contribution in [2.45, 2.75) is 66.5 Å². The number of fused-ring (bicyclic) bond motifs is 1. The highest BCUT2D eigenvalue weighted by molar-refractivity contribution is 6.03. The van der Waals surface area contributed by atoms with E-state index in [0.717, 1.165) is 28.7 Å². The van der Waals surface area contributed by atoms with Gasteiger partial charge in [0.05, 0.1) is 5.56 Å². The highest BCUT2D eigenvalue weighted by atomic mass is 16.2. The maximum absolute atomic E-state index is 13.2. The van der Waals surface area contributed by atoms with Crippen LogP contribution in [0.4, 0.5) is 0 Å². The molecule has 0 saturated heterocycles. The summed E-state index contributed by atoms with van der Waals surface area (Å²) in [5, 5.41) is 0. The third-order valence-corrected chi connectivity index (χ3v) is 5.78. The van der Waals surface area contributed by atoms with E-state index >= 15 is 0 Å². The van der Waals surface area contributed by atoms with E-state index in [-0.39, 0.29) is 29.7 Å². The van der Waals surface area contributed by atoms with Gasteiger partial charge in [-0.1, -0.05) is 6.07 Å². The molecule has 0 N–H and O–H groups in total. The van der Waals surface area contributed by atoms with Gasteiger partial charge in [0.15, 0.2) is 5.78 Å². The van der Waals surface area contributed by atoms with Crippen LogP contribution in [0.2, 0.25) is 0 Å². The zero-order chi connectivity index (χ0) is 20.6. The van der Waals surface area contributed by atoms with Gasteiger partial charge in [0.25, 0.3) is 5.91 Å². The van der Waals surface area contributed by atoms with Crippen molar-refractivity contribution in [1.29, 1.82) is 0 Å². The molecule has 148 valence electrons. The second-order valence-electron chi connectivity index (χ2n) is 8.50. The van der Waals surface area contributed by atoms with E-state index in [9.17, 15) is 9.59 Å². The Morgan fingerprint density at radius 3 is 2.43 bits per heavy atom. The average molecular weight is 379 g/mol. The van der Waals surface area contributed by atoms with Crippen LogP contribution in [0.15, 0.2) is 30.6 Å². The second kappa shape index (κ2) is 7.86. The van der Waals surface area contributed by atoms with E-state index < -0.39 is 0 Å². The summed E-state index contributed by atoms with van der Waals surface area (Å²) in [4.78, 5) is 32.3. The number of carbonyl (C=O) groups excluding carboxylic acids is 2. The molecule has 0 saturated carbocycles. The van der Waals surface area contributed by atoms with Gasteiger partial charge in [-0.2, -0.15) is 0 Å². The minimum atomic E-state index is -0.114. The molecule has 4 nitrogen and oxygen atoms in total. The number of rotatable bonds is 5. The summed E-state index contributed by atoms with van der Waals surface area (Å²) in [6, 6.07) is 6.25. The predicted molar refractivity (Wildman–Crippen MR) is 112 cm³/mol. The first kappa shape index (κ1) is 20.2. The first-order valence-corrected chi connectivity index (χ1v) is 10.1. The molecule has 3 rings (SSSR count). The quantitative estimate of drug-likeness (QED) is 0.767. The summed E-state index contributed by atoms with van der Waals surface area (Å²) in [5.41, 5.74) is 5.87. The van der Waals surface area contributed by atoms with Gasteiger partial charge in [0.1, 0.15) is 0 Å². The van der Waals surface area contributed by atoms with Gasteiger partial charge in [-0.3, -0.25) is 14.6 Å². The number of hydrogen-bond donors (Lipinski definition) is 0.